The van der Waals surface area contributed by atoms with Crippen LogP contribution in [0, 0.1) is 11.6 Å². The predicted octanol–water partition coefficient (Wildman–Crippen LogP) is 1.30. The molecule has 0 aliphatic rings. The van der Waals surface area contributed by atoms with Gasteiger partial charge >= 0.3 is 0 Å². The molecule has 0 aliphatic heterocycles. The zero-order valence-corrected chi connectivity index (χ0v) is 5.09. The van der Waals surface area contributed by atoms with Crippen molar-refractivity contribution in [3.63, 3.8) is 0 Å². The van der Waals surface area contributed by atoms with Crippen LogP contribution in [-0.4, -0.2) is 5.21 Å². The lowest BCUT2D eigenvalue weighted by molar-refractivity contribution is 0.311. The molecule has 4 heteroatoms. The van der Waals surface area contributed by atoms with Crippen LogP contribution < -0.4 is 5.90 Å². The van der Waals surface area contributed by atoms with Crippen molar-refractivity contribution in [2.24, 2.45) is 5.90 Å². The van der Waals surface area contributed by atoms with E-state index >= 15 is 0 Å². The monoisotopic (exact) mass is 147 g/mol. The molecule has 0 saturated heterocycles. The fourth-order valence-electron chi connectivity index (χ4n) is 0.460. The van der Waals surface area contributed by atoms with Gasteiger partial charge in [-0.15, -0.1) is 0 Å². The minimum Gasteiger partial charge on any atom is -0.320 e. The van der Waals surface area contributed by atoms with E-state index in [0.717, 1.165) is 6.07 Å². The first kappa shape index (κ1) is 9.00. The van der Waals surface area contributed by atoms with Crippen LogP contribution in [0.4, 0.5) is 8.78 Å². The van der Waals surface area contributed by atoms with Crippen molar-refractivity contribution in [2.45, 2.75) is 0 Å². The SMILES string of the molecule is Fc1cccc(F)c1.NO. The third-order valence-electron chi connectivity index (χ3n) is 0.787. The molecule has 1 aromatic carbocycles. The summed E-state index contributed by atoms with van der Waals surface area (Å²) in [6.45, 7) is 0. The Morgan fingerprint density at radius 2 is 1.50 bits per heavy atom. The van der Waals surface area contributed by atoms with E-state index in [1.54, 1.807) is 0 Å². The van der Waals surface area contributed by atoms with Crippen LogP contribution in [0.15, 0.2) is 24.3 Å². The largest absolute Gasteiger partial charge is 0.320 e. The van der Waals surface area contributed by atoms with Crippen molar-refractivity contribution in [3.05, 3.63) is 35.9 Å². The Balaban J connectivity index is 0.000000371. The lowest BCUT2D eigenvalue weighted by atomic mass is 10.3. The molecule has 0 unspecified atom stereocenters. The summed E-state index contributed by atoms with van der Waals surface area (Å²) < 4.78 is 23.9. The van der Waals surface area contributed by atoms with Gasteiger partial charge in [-0.25, -0.2) is 14.7 Å². The van der Waals surface area contributed by atoms with Gasteiger partial charge < -0.3 is 5.21 Å². The van der Waals surface area contributed by atoms with Crippen LogP contribution in [0.25, 0.3) is 0 Å². The van der Waals surface area contributed by atoms with E-state index in [1.165, 1.54) is 18.2 Å². The van der Waals surface area contributed by atoms with Crippen LogP contribution in [0.5, 0.6) is 0 Å². The number of hydrogen-bond acceptors (Lipinski definition) is 2. The van der Waals surface area contributed by atoms with E-state index in [0.29, 0.717) is 0 Å². The molecule has 0 aromatic heterocycles. The minimum absolute atomic E-state index is 0.537. The lowest BCUT2D eigenvalue weighted by Gasteiger charge is -1.84. The van der Waals surface area contributed by atoms with Crippen LogP contribution in [0.2, 0.25) is 0 Å². The van der Waals surface area contributed by atoms with E-state index in [4.69, 9.17) is 5.21 Å². The Kier molecular flexibility index (Phi) is 4.36. The summed E-state index contributed by atoms with van der Waals surface area (Å²) in [7, 11) is 0. The Morgan fingerprint density at radius 3 is 1.70 bits per heavy atom. The predicted molar refractivity (Wildman–Crippen MR) is 32.3 cm³/mol. The molecule has 0 bridgehead atoms. The molecule has 1 rings (SSSR count). The number of benzene rings is 1. The van der Waals surface area contributed by atoms with Gasteiger partial charge in [-0.2, -0.15) is 0 Å². The number of rotatable bonds is 0. The number of hydrogen-bond donors (Lipinski definition) is 2. The van der Waals surface area contributed by atoms with Gasteiger partial charge in [-0.1, -0.05) is 6.07 Å². The van der Waals surface area contributed by atoms with Gasteiger partial charge in [-0.05, 0) is 12.1 Å². The topological polar surface area (TPSA) is 46.2 Å². The first-order valence-electron chi connectivity index (χ1n) is 2.46. The highest BCUT2D eigenvalue weighted by atomic mass is 19.1. The molecule has 0 fully saturated rings. The highest BCUT2D eigenvalue weighted by Gasteiger charge is 1.88. The molecular weight excluding hydrogens is 140 g/mol. The average Bonchev–Trinajstić information content (AvgIpc) is 1.91. The van der Waals surface area contributed by atoms with E-state index < -0.39 is 11.6 Å². The van der Waals surface area contributed by atoms with E-state index in [9.17, 15) is 8.78 Å². The Hall–Kier alpha value is -1.00. The van der Waals surface area contributed by atoms with Crippen LogP contribution in [0.1, 0.15) is 0 Å². The van der Waals surface area contributed by atoms with Crippen molar-refractivity contribution in [3.8, 4) is 0 Å². The number of halogens is 2. The lowest BCUT2D eigenvalue weighted by Crippen LogP contribution is -1.73. The molecule has 0 saturated carbocycles. The average molecular weight is 147 g/mol. The summed E-state index contributed by atoms with van der Waals surface area (Å²) in [5, 5.41) is 6.50. The molecule has 0 heterocycles. The summed E-state index contributed by atoms with van der Waals surface area (Å²) in [5.41, 5.74) is 0. The standard InChI is InChI=1S/C6H4F2.H3NO/c7-5-2-1-3-6(8)4-5;1-2/h1-4H;2H,1H2. The van der Waals surface area contributed by atoms with E-state index in [2.05, 4.69) is 5.90 Å². The van der Waals surface area contributed by atoms with Gasteiger partial charge in [0.05, 0.1) is 0 Å². The van der Waals surface area contributed by atoms with Crippen LogP contribution in [0.3, 0.4) is 0 Å². The molecule has 0 aliphatic carbocycles. The van der Waals surface area contributed by atoms with Crippen molar-refractivity contribution >= 4 is 0 Å². The summed E-state index contributed by atoms with van der Waals surface area (Å²) in [6.07, 6.45) is 0. The zero-order valence-electron chi connectivity index (χ0n) is 5.09. The number of nitrogens with two attached hydrogens (primary N) is 1. The second-order valence-corrected chi connectivity index (χ2v) is 1.44. The molecule has 10 heavy (non-hydrogen) atoms. The first-order valence-corrected chi connectivity index (χ1v) is 2.46. The summed E-state index contributed by atoms with van der Waals surface area (Å²) in [6, 6.07) is 4.55. The quantitative estimate of drug-likeness (QED) is 0.543. The molecule has 3 N–H and O–H groups in total. The van der Waals surface area contributed by atoms with Crippen molar-refractivity contribution < 1.29 is 14.0 Å². The highest BCUT2D eigenvalue weighted by molar-refractivity contribution is 5.04. The van der Waals surface area contributed by atoms with Gasteiger partial charge in [0.1, 0.15) is 11.6 Å². The van der Waals surface area contributed by atoms with Gasteiger partial charge in [0.15, 0.2) is 0 Å². The maximum Gasteiger partial charge on any atom is 0.126 e. The second-order valence-electron chi connectivity index (χ2n) is 1.44. The normalized spacial score (nSPS) is 8.00. The van der Waals surface area contributed by atoms with Crippen LogP contribution in [-0.2, 0) is 0 Å². The van der Waals surface area contributed by atoms with Gasteiger partial charge in [0.25, 0.3) is 0 Å². The molecule has 0 amide bonds. The summed E-state index contributed by atoms with van der Waals surface area (Å²) in [5.74, 6) is 2.43. The van der Waals surface area contributed by atoms with Gasteiger partial charge in [-0.3, -0.25) is 0 Å². The fraction of sp³-hybridized carbons (Fsp3) is 0. The minimum atomic E-state index is -0.537. The van der Waals surface area contributed by atoms with E-state index in [-0.39, 0.29) is 0 Å². The van der Waals surface area contributed by atoms with Crippen LogP contribution >= 0.6 is 0 Å². The van der Waals surface area contributed by atoms with Gasteiger partial charge in [0.2, 0.25) is 0 Å². The first-order chi connectivity index (χ1) is 4.79. The smallest absolute Gasteiger partial charge is 0.126 e. The van der Waals surface area contributed by atoms with E-state index in [1.807, 2.05) is 0 Å². The molecule has 0 radical (unpaired) electrons. The third-order valence-corrected chi connectivity index (χ3v) is 0.787. The molecule has 56 valence electrons. The molecule has 0 atom stereocenters. The van der Waals surface area contributed by atoms with Crippen molar-refractivity contribution in [2.75, 3.05) is 0 Å². The molecule has 2 nitrogen and oxygen atoms in total. The fourth-order valence-corrected chi connectivity index (χ4v) is 0.460. The summed E-state index contributed by atoms with van der Waals surface area (Å²) >= 11 is 0. The van der Waals surface area contributed by atoms with Gasteiger partial charge in [0, 0.05) is 6.07 Å². The maximum absolute atomic E-state index is 11.9. The Bertz CT molecular complexity index is 176. The zero-order chi connectivity index (χ0) is 7.98. The highest BCUT2D eigenvalue weighted by Crippen LogP contribution is 1.99. The Morgan fingerprint density at radius 1 is 1.10 bits per heavy atom. The third kappa shape index (κ3) is 3.11. The molecule has 1 aromatic rings. The maximum atomic E-state index is 11.9. The molecular formula is C6H7F2NO. The van der Waals surface area contributed by atoms with Crippen molar-refractivity contribution in [1.82, 2.24) is 0 Å². The summed E-state index contributed by atoms with van der Waals surface area (Å²) in [4.78, 5) is 0. The Labute approximate surface area is 56.9 Å². The van der Waals surface area contributed by atoms with Crippen molar-refractivity contribution in [1.29, 1.82) is 0 Å². The second kappa shape index (κ2) is 4.84. The molecule has 0 spiro atoms.